The number of carbonyl (C=O) groups is 2. The Labute approximate surface area is 120 Å². The predicted octanol–water partition coefficient (Wildman–Crippen LogP) is 1.53. The summed E-state index contributed by atoms with van der Waals surface area (Å²) >= 11 is 0. The van der Waals surface area contributed by atoms with Gasteiger partial charge in [0.15, 0.2) is 0 Å². The van der Waals surface area contributed by atoms with Crippen LogP contribution in [0.15, 0.2) is 36.7 Å². The lowest BCUT2D eigenvalue weighted by molar-refractivity contribution is -0.216. The molecule has 0 spiro atoms. The molecular weight excluding hydrogens is 276 g/mol. The molecule has 0 atom stereocenters. The van der Waals surface area contributed by atoms with Gasteiger partial charge in [-0.25, -0.2) is 4.79 Å². The molecule has 2 aromatic heterocycles. The van der Waals surface area contributed by atoms with Gasteiger partial charge in [0.1, 0.15) is 6.61 Å². The first kappa shape index (κ1) is 14.6. The Morgan fingerprint density at radius 2 is 1.90 bits per heavy atom. The van der Waals surface area contributed by atoms with Crippen LogP contribution in [0.25, 0.3) is 11.4 Å². The summed E-state index contributed by atoms with van der Waals surface area (Å²) in [5.74, 6) is -0.624. The standard InChI is InChI=1S/C14H12N2O5/c1-19-21-14(18)11-3-5-16-13(7-11)12-6-10(2-4-15-12)8-20-9-17/h2-7,9H,8H2,1H3. The summed E-state index contributed by atoms with van der Waals surface area (Å²) in [6.45, 7) is 0.518. The quantitative estimate of drug-likeness (QED) is 0.452. The predicted molar refractivity (Wildman–Crippen MR) is 70.7 cm³/mol. The maximum absolute atomic E-state index is 11.6. The van der Waals surface area contributed by atoms with E-state index in [0.717, 1.165) is 5.56 Å². The zero-order chi connectivity index (χ0) is 15.1. The second kappa shape index (κ2) is 7.11. The Morgan fingerprint density at radius 3 is 2.62 bits per heavy atom. The Morgan fingerprint density at radius 1 is 1.19 bits per heavy atom. The first-order valence-corrected chi connectivity index (χ1v) is 5.96. The van der Waals surface area contributed by atoms with Crippen LogP contribution in [0.5, 0.6) is 0 Å². The van der Waals surface area contributed by atoms with Gasteiger partial charge in [-0.1, -0.05) is 0 Å². The lowest BCUT2D eigenvalue weighted by Crippen LogP contribution is -2.04. The second-order valence-electron chi connectivity index (χ2n) is 3.92. The van der Waals surface area contributed by atoms with E-state index in [4.69, 9.17) is 0 Å². The largest absolute Gasteiger partial charge is 0.463 e. The molecule has 0 amide bonds. The summed E-state index contributed by atoms with van der Waals surface area (Å²) in [7, 11) is 1.25. The minimum absolute atomic E-state index is 0.143. The molecule has 2 heterocycles. The molecular formula is C14H12N2O5. The fourth-order valence-corrected chi connectivity index (χ4v) is 1.66. The van der Waals surface area contributed by atoms with Crippen LogP contribution in [0.4, 0.5) is 0 Å². The highest BCUT2D eigenvalue weighted by Crippen LogP contribution is 2.17. The van der Waals surface area contributed by atoms with Crippen LogP contribution in [0.3, 0.4) is 0 Å². The van der Waals surface area contributed by atoms with E-state index < -0.39 is 5.97 Å². The third-order valence-corrected chi connectivity index (χ3v) is 2.56. The number of rotatable bonds is 6. The zero-order valence-corrected chi connectivity index (χ0v) is 11.2. The monoisotopic (exact) mass is 288 g/mol. The van der Waals surface area contributed by atoms with Gasteiger partial charge in [-0.3, -0.25) is 19.7 Å². The summed E-state index contributed by atoms with van der Waals surface area (Å²) in [5, 5.41) is 0. The lowest BCUT2D eigenvalue weighted by atomic mass is 10.1. The second-order valence-corrected chi connectivity index (χ2v) is 3.92. The van der Waals surface area contributed by atoms with E-state index in [9.17, 15) is 9.59 Å². The SMILES string of the molecule is COOC(=O)c1ccnc(-c2cc(COC=O)ccn2)c1. The maximum Gasteiger partial charge on any atom is 0.373 e. The number of carbonyl (C=O) groups excluding carboxylic acids is 2. The molecule has 0 aliphatic heterocycles. The highest BCUT2D eigenvalue weighted by molar-refractivity contribution is 5.89. The van der Waals surface area contributed by atoms with E-state index in [0.29, 0.717) is 17.9 Å². The summed E-state index contributed by atoms with van der Waals surface area (Å²) in [6, 6.07) is 6.48. The molecule has 0 saturated heterocycles. The average Bonchev–Trinajstić information content (AvgIpc) is 2.53. The van der Waals surface area contributed by atoms with Crippen molar-refractivity contribution in [1.82, 2.24) is 9.97 Å². The van der Waals surface area contributed by atoms with E-state index in [1.54, 1.807) is 18.3 Å². The molecule has 2 aromatic rings. The summed E-state index contributed by atoms with van der Waals surface area (Å²) in [5.41, 5.74) is 2.10. The fourth-order valence-electron chi connectivity index (χ4n) is 1.66. The fraction of sp³-hybridized carbons (Fsp3) is 0.143. The number of hydrogen-bond donors (Lipinski definition) is 0. The first-order valence-electron chi connectivity index (χ1n) is 5.96. The average molecular weight is 288 g/mol. The molecule has 0 bridgehead atoms. The number of nitrogens with zero attached hydrogens (tertiary/aromatic N) is 2. The van der Waals surface area contributed by atoms with Crippen LogP contribution in [0.2, 0.25) is 0 Å². The molecule has 0 aliphatic carbocycles. The minimum Gasteiger partial charge on any atom is -0.463 e. The van der Waals surface area contributed by atoms with Crippen molar-refractivity contribution < 1.29 is 24.1 Å². The van der Waals surface area contributed by atoms with E-state index in [1.807, 2.05) is 0 Å². The molecule has 0 radical (unpaired) electrons. The highest BCUT2D eigenvalue weighted by Gasteiger charge is 2.11. The number of pyridine rings is 2. The van der Waals surface area contributed by atoms with Crippen molar-refractivity contribution in [2.45, 2.75) is 6.61 Å². The van der Waals surface area contributed by atoms with E-state index in [1.165, 1.54) is 25.4 Å². The topological polar surface area (TPSA) is 87.6 Å². The van der Waals surface area contributed by atoms with Crippen LogP contribution in [0.1, 0.15) is 15.9 Å². The third-order valence-electron chi connectivity index (χ3n) is 2.56. The summed E-state index contributed by atoms with van der Waals surface area (Å²) in [6.07, 6.45) is 3.04. The number of ether oxygens (including phenoxy) is 1. The number of aromatic nitrogens is 2. The van der Waals surface area contributed by atoms with Crippen molar-refractivity contribution >= 4 is 12.4 Å². The molecule has 0 unspecified atom stereocenters. The third kappa shape index (κ3) is 3.83. The molecule has 0 N–H and O–H groups in total. The van der Waals surface area contributed by atoms with Gasteiger partial charge in [0, 0.05) is 12.4 Å². The van der Waals surface area contributed by atoms with Gasteiger partial charge in [0.2, 0.25) is 0 Å². The van der Waals surface area contributed by atoms with E-state index in [-0.39, 0.29) is 12.2 Å². The Kier molecular flexibility index (Phi) is 4.94. The van der Waals surface area contributed by atoms with Crippen molar-refractivity contribution in [2.75, 3.05) is 7.11 Å². The van der Waals surface area contributed by atoms with Gasteiger partial charge in [0.05, 0.1) is 24.1 Å². The van der Waals surface area contributed by atoms with Gasteiger partial charge >= 0.3 is 5.97 Å². The van der Waals surface area contributed by atoms with Crippen LogP contribution in [0, 0.1) is 0 Å². The van der Waals surface area contributed by atoms with E-state index >= 15 is 0 Å². The van der Waals surface area contributed by atoms with E-state index in [2.05, 4.69) is 24.5 Å². The van der Waals surface area contributed by atoms with Crippen LogP contribution in [-0.2, 0) is 25.9 Å². The number of hydrogen-bond acceptors (Lipinski definition) is 7. The maximum atomic E-state index is 11.6. The molecule has 0 saturated carbocycles. The zero-order valence-electron chi connectivity index (χ0n) is 11.2. The molecule has 108 valence electrons. The summed E-state index contributed by atoms with van der Waals surface area (Å²) in [4.78, 5) is 38.9. The van der Waals surface area contributed by atoms with Crippen molar-refractivity contribution in [1.29, 1.82) is 0 Å². The molecule has 21 heavy (non-hydrogen) atoms. The molecule has 7 nitrogen and oxygen atoms in total. The molecule has 7 heteroatoms. The van der Waals surface area contributed by atoms with Crippen molar-refractivity contribution in [3.05, 3.63) is 47.8 Å². The smallest absolute Gasteiger partial charge is 0.373 e. The molecule has 0 fully saturated rings. The van der Waals surface area contributed by atoms with Gasteiger partial charge in [0.25, 0.3) is 6.47 Å². The van der Waals surface area contributed by atoms with Crippen molar-refractivity contribution in [2.24, 2.45) is 0 Å². The minimum atomic E-state index is -0.624. The Balaban J connectivity index is 2.27. The highest BCUT2D eigenvalue weighted by atomic mass is 17.2. The Bertz CT molecular complexity index is 645. The molecule has 2 rings (SSSR count). The lowest BCUT2D eigenvalue weighted by Gasteiger charge is -2.05. The molecule has 0 aliphatic rings. The van der Waals surface area contributed by atoms with Gasteiger partial charge in [-0.15, -0.1) is 0 Å². The van der Waals surface area contributed by atoms with Crippen LogP contribution < -0.4 is 0 Å². The van der Waals surface area contributed by atoms with Gasteiger partial charge in [-0.2, -0.15) is 4.89 Å². The van der Waals surface area contributed by atoms with Crippen LogP contribution >= 0.6 is 0 Å². The first-order chi connectivity index (χ1) is 10.2. The van der Waals surface area contributed by atoms with Crippen LogP contribution in [-0.4, -0.2) is 29.5 Å². The molecule has 0 aromatic carbocycles. The van der Waals surface area contributed by atoms with Gasteiger partial charge < -0.3 is 4.74 Å². The van der Waals surface area contributed by atoms with Gasteiger partial charge in [-0.05, 0) is 29.8 Å². The Hall–Kier alpha value is -2.80. The summed E-state index contributed by atoms with van der Waals surface area (Å²) < 4.78 is 4.68. The van der Waals surface area contributed by atoms with Crippen molar-refractivity contribution in [3.63, 3.8) is 0 Å². The normalized spacial score (nSPS) is 9.95. The van der Waals surface area contributed by atoms with Crippen molar-refractivity contribution in [3.8, 4) is 11.4 Å².